The minimum Gasteiger partial charge on any atom is -0.506 e. The molecule has 0 aliphatic heterocycles. The zero-order chi connectivity index (χ0) is 14.8. The van der Waals surface area contributed by atoms with E-state index in [0.29, 0.717) is 23.0 Å². The van der Waals surface area contributed by atoms with Crippen LogP contribution in [0.4, 0.5) is 0 Å². The molecule has 106 valence electrons. The maximum absolute atomic E-state index is 9.73. The van der Waals surface area contributed by atoms with E-state index in [1.165, 1.54) is 0 Å². The average Bonchev–Trinajstić information content (AvgIpc) is 2.90. The third-order valence-electron chi connectivity index (χ3n) is 3.21. The van der Waals surface area contributed by atoms with Crippen LogP contribution in [0.15, 0.2) is 48.8 Å². The van der Waals surface area contributed by atoms with Gasteiger partial charge in [-0.1, -0.05) is 23.7 Å². The van der Waals surface area contributed by atoms with Crippen molar-refractivity contribution in [2.75, 3.05) is 0 Å². The van der Waals surface area contributed by atoms with Gasteiger partial charge in [0.2, 0.25) is 0 Å². The molecule has 0 bridgehead atoms. The number of pyridine rings is 1. The largest absolute Gasteiger partial charge is 0.506 e. The van der Waals surface area contributed by atoms with E-state index in [-0.39, 0.29) is 5.75 Å². The molecular weight excluding hydrogens is 286 g/mol. The van der Waals surface area contributed by atoms with E-state index >= 15 is 0 Å². The highest BCUT2D eigenvalue weighted by Crippen LogP contribution is 2.33. The number of rotatable bonds is 3. The second kappa shape index (κ2) is 5.58. The molecule has 0 saturated heterocycles. The molecule has 5 heteroatoms. The molecule has 0 fully saturated rings. The first-order valence-electron chi connectivity index (χ1n) is 6.56. The Kier molecular flexibility index (Phi) is 3.62. The molecule has 1 N–H and O–H groups in total. The molecule has 0 aliphatic rings. The SMILES string of the molecule is Cc1cccc(Cn2ccnc2-c2cccc(O)c2Cl)n1. The first kappa shape index (κ1) is 13.6. The minimum absolute atomic E-state index is 0.0531. The highest BCUT2D eigenvalue weighted by Gasteiger charge is 2.13. The molecule has 3 rings (SSSR count). The minimum atomic E-state index is 0.0531. The lowest BCUT2D eigenvalue weighted by Gasteiger charge is -2.10. The van der Waals surface area contributed by atoms with Gasteiger partial charge in [0.1, 0.15) is 11.6 Å². The molecule has 0 amide bonds. The first-order chi connectivity index (χ1) is 10.1. The van der Waals surface area contributed by atoms with Crippen LogP contribution in [0.5, 0.6) is 5.75 Å². The summed E-state index contributed by atoms with van der Waals surface area (Å²) in [6.45, 7) is 2.56. The smallest absolute Gasteiger partial charge is 0.141 e. The fourth-order valence-electron chi connectivity index (χ4n) is 2.24. The molecule has 2 heterocycles. The lowest BCUT2D eigenvalue weighted by Crippen LogP contribution is -2.03. The van der Waals surface area contributed by atoms with Gasteiger partial charge in [-0.25, -0.2) is 4.98 Å². The monoisotopic (exact) mass is 299 g/mol. The highest BCUT2D eigenvalue weighted by atomic mass is 35.5. The predicted molar refractivity (Wildman–Crippen MR) is 82.4 cm³/mol. The van der Waals surface area contributed by atoms with Crippen molar-refractivity contribution in [3.8, 4) is 17.1 Å². The number of benzene rings is 1. The zero-order valence-electron chi connectivity index (χ0n) is 11.5. The summed E-state index contributed by atoms with van der Waals surface area (Å²) in [6.07, 6.45) is 3.59. The Balaban J connectivity index is 2.00. The topological polar surface area (TPSA) is 50.9 Å². The zero-order valence-corrected chi connectivity index (χ0v) is 12.2. The van der Waals surface area contributed by atoms with E-state index in [9.17, 15) is 5.11 Å². The molecule has 0 saturated carbocycles. The van der Waals surface area contributed by atoms with E-state index in [2.05, 4.69) is 9.97 Å². The number of aromatic nitrogens is 3. The molecule has 4 nitrogen and oxygen atoms in total. The molecular formula is C16H14ClN3O. The molecule has 0 atom stereocenters. The fraction of sp³-hybridized carbons (Fsp3) is 0.125. The summed E-state index contributed by atoms with van der Waals surface area (Å²) in [6, 6.07) is 11.1. The van der Waals surface area contributed by atoms with Gasteiger partial charge < -0.3 is 9.67 Å². The van der Waals surface area contributed by atoms with Crippen molar-refractivity contribution >= 4 is 11.6 Å². The van der Waals surface area contributed by atoms with E-state index < -0.39 is 0 Å². The molecule has 3 aromatic rings. The van der Waals surface area contributed by atoms with Crippen LogP contribution >= 0.6 is 11.6 Å². The summed E-state index contributed by atoms with van der Waals surface area (Å²) in [4.78, 5) is 8.84. The summed E-state index contributed by atoms with van der Waals surface area (Å²) >= 11 is 6.17. The Morgan fingerprint density at radius 1 is 1.19 bits per heavy atom. The Labute approximate surface area is 127 Å². The van der Waals surface area contributed by atoms with Crippen LogP contribution in [0, 0.1) is 6.92 Å². The Morgan fingerprint density at radius 3 is 2.81 bits per heavy atom. The lowest BCUT2D eigenvalue weighted by molar-refractivity contribution is 0.476. The molecule has 0 spiro atoms. The van der Waals surface area contributed by atoms with Crippen LogP contribution in [0.25, 0.3) is 11.4 Å². The van der Waals surface area contributed by atoms with Crippen molar-refractivity contribution in [3.05, 3.63) is 65.2 Å². The molecule has 0 radical (unpaired) electrons. The summed E-state index contributed by atoms with van der Waals surface area (Å²) in [7, 11) is 0. The van der Waals surface area contributed by atoms with Crippen molar-refractivity contribution < 1.29 is 5.11 Å². The van der Waals surface area contributed by atoms with E-state index in [0.717, 1.165) is 11.4 Å². The molecule has 0 unspecified atom stereocenters. The van der Waals surface area contributed by atoms with Crippen molar-refractivity contribution in [1.82, 2.24) is 14.5 Å². The molecule has 0 aliphatic carbocycles. The Morgan fingerprint density at radius 2 is 2.00 bits per heavy atom. The third-order valence-corrected chi connectivity index (χ3v) is 3.61. The fourth-order valence-corrected chi connectivity index (χ4v) is 2.45. The quantitative estimate of drug-likeness (QED) is 0.803. The maximum Gasteiger partial charge on any atom is 0.141 e. The summed E-state index contributed by atoms with van der Waals surface area (Å²) < 4.78 is 1.96. The van der Waals surface area contributed by atoms with Crippen molar-refractivity contribution in [3.63, 3.8) is 0 Å². The van der Waals surface area contributed by atoms with Gasteiger partial charge in [0, 0.05) is 23.7 Å². The number of phenols is 1. The van der Waals surface area contributed by atoms with Gasteiger partial charge in [0.15, 0.2) is 0 Å². The van der Waals surface area contributed by atoms with Crippen LogP contribution in [0.1, 0.15) is 11.4 Å². The first-order valence-corrected chi connectivity index (χ1v) is 6.94. The number of hydrogen-bond acceptors (Lipinski definition) is 3. The number of aromatic hydroxyl groups is 1. The number of phenolic OH excluding ortho intramolecular Hbond substituents is 1. The number of halogens is 1. The molecule has 1 aromatic carbocycles. The lowest BCUT2D eigenvalue weighted by atomic mass is 10.2. The Hall–Kier alpha value is -2.33. The van der Waals surface area contributed by atoms with Gasteiger partial charge in [-0.3, -0.25) is 4.98 Å². The van der Waals surface area contributed by atoms with Gasteiger partial charge in [0.05, 0.1) is 17.3 Å². The van der Waals surface area contributed by atoms with Crippen molar-refractivity contribution in [2.24, 2.45) is 0 Å². The van der Waals surface area contributed by atoms with E-state index in [1.807, 2.05) is 42.0 Å². The Bertz CT molecular complexity index is 783. The maximum atomic E-state index is 9.73. The van der Waals surface area contributed by atoms with Crippen LogP contribution in [-0.4, -0.2) is 19.6 Å². The van der Waals surface area contributed by atoms with Crippen molar-refractivity contribution in [2.45, 2.75) is 13.5 Å². The average molecular weight is 300 g/mol. The number of aryl methyl sites for hydroxylation is 1. The highest BCUT2D eigenvalue weighted by molar-refractivity contribution is 6.34. The van der Waals surface area contributed by atoms with Crippen LogP contribution < -0.4 is 0 Å². The number of imidazole rings is 1. The standard InChI is InChI=1S/C16H14ClN3O/c1-11-4-2-5-12(19-11)10-20-9-8-18-16(20)13-6-3-7-14(21)15(13)17/h2-9,21H,10H2,1H3. The van der Waals surface area contributed by atoms with E-state index in [1.54, 1.807) is 18.3 Å². The van der Waals surface area contributed by atoms with E-state index in [4.69, 9.17) is 11.6 Å². The van der Waals surface area contributed by atoms with Gasteiger partial charge >= 0.3 is 0 Å². The molecule has 21 heavy (non-hydrogen) atoms. The van der Waals surface area contributed by atoms with Gasteiger partial charge in [-0.2, -0.15) is 0 Å². The van der Waals surface area contributed by atoms with Crippen LogP contribution in [-0.2, 0) is 6.54 Å². The van der Waals surface area contributed by atoms with Crippen LogP contribution in [0.3, 0.4) is 0 Å². The summed E-state index contributed by atoms with van der Waals surface area (Å²) in [5.41, 5.74) is 2.63. The number of nitrogens with zero attached hydrogens (tertiary/aromatic N) is 3. The third kappa shape index (κ3) is 2.76. The number of hydrogen-bond donors (Lipinski definition) is 1. The molecule has 2 aromatic heterocycles. The van der Waals surface area contributed by atoms with Crippen molar-refractivity contribution in [1.29, 1.82) is 0 Å². The van der Waals surface area contributed by atoms with Crippen LogP contribution in [0.2, 0.25) is 5.02 Å². The van der Waals surface area contributed by atoms with Gasteiger partial charge in [-0.15, -0.1) is 0 Å². The summed E-state index contributed by atoms with van der Waals surface area (Å²) in [5, 5.41) is 10.0. The van der Waals surface area contributed by atoms with Gasteiger partial charge in [-0.05, 0) is 31.2 Å². The second-order valence-electron chi connectivity index (χ2n) is 4.79. The van der Waals surface area contributed by atoms with Gasteiger partial charge in [0.25, 0.3) is 0 Å². The predicted octanol–water partition coefficient (Wildman–Crippen LogP) is 3.66. The second-order valence-corrected chi connectivity index (χ2v) is 5.17. The summed E-state index contributed by atoms with van der Waals surface area (Å²) in [5.74, 6) is 0.761. The normalized spacial score (nSPS) is 10.8.